The maximum atomic E-state index is 12.1. The van der Waals surface area contributed by atoms with Gasteiger partial charge in [-0.05, 0) is 18.3 Å². The molecule has 0 aromatic carbocycles. The lowest BCUT2D eigenvalue weighted by Gasteiger charge is -2.35. The van der Waals surface area contributed by atoms with Crippen molar-refractivity contribution in [3.63, 3.8) is 0 Å². The van der Waals surface area contributed by atoms with Gasteiger partial charge < -0.3 is 0 Å². The molecule has 0 radical (unpaired) electrons. The summed E-state index contributed by atoms with van der Waals surface area (Å²) >= 11 is 3.35. The molecular formula is C9H16BrF2NO2S. The second kappa shape index (κ2) is 5.73. The minimum absolute atomic E-state index is 0.102. The van der Waals surface area contributed by atoms with Gasteiger partial charge in [0.1, 0.15) is 0 Å². The van der Waals surface area contributed by atoms with Crippen molar-refractivity contribution in [1.29, 1.82) is 0 Å². The Bertz CT molecular complexity index is 315. The maximum Gasteiger partial charge on any atom is 0.350 e. The van der Waals surface area contributed by atoms with Crippen molar-refractivity contribution in [2.24, 2.45) is 5.41 Å². The summed E-state index contributed by atoms with van der Waals surface area (Å²) in [5, 5.41) is 0.645. The Kier molecular flexibility index (Phi) is 5.12. The summed E-state index contributed by atoms with van der Waals surface area (Å²) in [6.45, 7) is 0.102. The van der Waals surface area contributed by atoms with E-state index >= 15 is 0 Å². The summed E-state index contributed by atoms with van der Waals surface area (Å²) in [6, 6.07) is 0. The Morgan fingerprint density at radius 2 is 1.81 bits per heavy atom. The Balaban J connectivity index is 2.58. The van der Waals surface area contributed by atoms with Crippen LogP contribution in [0.15, 0.2) is 0 Å². The van der Waals surface area contributed by atoms with Crippen LogP contribution in [0.25, 0.3) is 0 Å². The van der Waals surface area contributed by atoms with Crippen LogP contribution in [0.1, 0.15) is 32.1 Å². The van der Waals surface area contributed by atoms with Crippen molar-refractivity contribution in [2.75, 3.05) is 11.9 Å². The van der Waals surface area contributed by atoms with Gasteiger partial charge in [0.25, 0.3) is 10.0 Å². The van der Waals surface area contributed by atoms with Gasteiger partial charge in [-0.3, -0.25) is 0 Å². The third-order valence-electron chi connectivity index (χ3n) is 3.08. The molecule has 0 bridgehead atoms. The molecule has 1 N–H and O–H groups in total. The van der Waals surface area contributed by atoms with E-state index in [4.69, 9.17) is 0 Å². The van der Waals surface area contributed by atoms with E-state index in [1.807, 2.05) is 4.72 Å². The smallest absolute Gasteiger partial charge is 0.210 e. The number of rotatable bonds is 5. The van der Waals surface area contributed by atoms with Crippen LogP contribution < -0.4 is 4.72 Å². The van der Waals surface area contributed by atoms with Gasteiger partial charge in [-0.1, -0.05) is 35.2 Å². The summed E-state index contributed by atoms with van der Waals surface area (Å²) in [7, 11) is -4.45. The average Bonchev–Trinajstić information content (AvgIpc) is 2.28. The van der Waals surface area contributed by atoms with E-state index in [1.165, 1.54) is 0 Å². The Morgan fingerprint density at radius 1 is 1.25 bits per heavy atom. The molecule has 1 aliphatic carbocycles. The van der Waals surface area contributed by atoms with Crippen LogP contribution in [-0.4, -0.2) is 26.1 Å². The standard InChI is InChI=1S/C9H16BrF2NO2S/c10-6-9(4-2-1-3-5-9)7-13-16(14,15)8(11)12/h8,13H,1-7H2. The first kappa shape index (κ1) is 14.3. The van der Waals surface area contributed by atoms with Crippen LogP contribution in [0.2, 0.25) is 0 Å². The van der Waals surface area contributed by atoms with E-state index in [2.05, 4.69) is 15.9 Å². The maximum absolute atomic E-state index is 12.1. The zero-order valence-electron chi connectivity index (χ0n) is 8.89. The zero-order valence-corrected chi connectivity index (χ0v) is 11.3. The first-order valence-corrected chi connectivity index (χ1v) is 7.91. The Morgan fingerprint density at radius 3 is 2.25 bits per heavy atom. The topological polar surface area (TPSA) is 46.2 Å². The molecule has 0 aliphatic heterocycles. The third kappa shape index (κ3) is 3.63. The van der Waals surface area contributed by atoms with Crippen molar-refractivity contribution in [3.8, 4) is 0 Å². The van der Waals surface area contributed by atoms with E-state index in [1.54, 1.807) is 0 Å². The van der Waals surface area contributed by atoms with Gasteiger partial charge in [-0.2, -0.15) is 8.78 Å². The molecule has 0 amide bonds. The average molecular weight is 320 g/mol. The van der Waals surface area contributed by atoms with Gasteiger partial charge in [-0.25, -0.2) is 13.1 Å². The molecule has 0 atom stereocenters. The molecule has 0 aromatic rings. The van der Waals surface area contributed by atoms with Crippen molar-refractivity contribution >= 4 is 26.0 Å². The van der Waals surface area contributed by atoms with Crippen molar-refractivity contribution in [3.05, 3.63) is 0 Å². The summed E-state index contributed by atoms with van der Waals surface area (Å²) in [6.07, 6.45) is 4.95. The second-order valence-electron chi connectivity index (χ2n) is 4.32. The SMILES string of the molecule is O=S(=O)(NCC1(CBr)CCCCC1)C(F)F. The lowest BCUT2D eigenvalue weighted by molar-refractivity contribution is 0.214. The zero-order chi connectivity index (χ0) is 12.2. The lowest BCUT2D eigenvalue weighted by Crippen LogP contribution is -2.41. The highest BCUT2D eigenvalue weighted by Crippen LogP contribution is 2.37. The number of sulfonamides is 1. The van der Waals surface area contributed by atoms with Gasteiger partial charge in [0.2, 0.25) is 0 Å². The van der Waals surface area contributed by atoms with Gasteiger partial charge in [0, 0.05) is 11.9 Å². The van der Waals surface area contributed by atoms with Crippen LogP contribution >= 0.6 is 15.9 Å². The molecule has 0 heterocycles. The molecule has 0 spiro atoms. The number of hydrogen-bond donors (Lipinski definition) is 1. The molecule has 1 fully saturated rings. The summed E-state index contributed by atoms with van der Waals surface area (Å²) < 4.78 is 48.2. The summed E-state index contributed by atoms with van der Waals surface area (Å²) in [4.78, 5) is 0. The minimum Gasteiger partial charge on any atom is -0.210 e. The quantitative estimate of drug-likeness (QED) is 0.791. The molecule has 0 saturated heterocycles. The highest BCUT2D eigenvalue weighted by atomic mass is 79.9. The molecular weight excluding hydrogens is 304 g/mol. The van der Waals surface area contributed by atoms with Crippen molar-refractivity contribution in [1.82, 2.24) is 4.72 Å². The van der Waals surface area contributed by atoms with Gasteiger partial charge in [0.15, 0.2) is 0 Å². The number of halogens is 3. The molecule has 1 saturated carbocycles. The molecule has 16 heavy (non-hydrogen) atoms. The summed E-state index contributed by atoms with van der Waals surface area (Å²) in [5.41, 5.74) is -0.194. The molecule has 1 aliphatic rings. The predicted molar refractivity (Wildman–Crippen MR) is 62.2 cm³/mol. The molecule has 0 unspecified atom stereocenters. The molecule has 96 valence electrons. The molecule has 7 heteroatoms. The highest BCUT2D eigenvalue weighted by molar-refractivity contribution is 9.09. The Hall–Kier alpha value is 0.250. The summed E-state index contributed by atoms with van der Waals surface area (Å²) in [5.74, 6) is -3.34. The molecule has 1 rings (SSSR count). The fourth-order valence-corrected chi connectivity index (χ4v) is 3.37. The van der Waals surface area contributed by atoms with Gasteiger partial charge >= 0.3 is 5.76 Å². The van der Waals surface area contributed by atoms with E-state index in [9.17, 15) is 17.2 Å². The number of nitrogens with one attached hydrogen (secondary N) is 1. The number of hydrogen-bond acceptors (Lipinski definition) is 2. The van der Waals surface area contributed by atoms with Crippen LogP contribution in [0.4, 0.5) is 8.78 Å². The normalized spacial score (nSPS) is 21.2. The first-order valence-electron chi connectivity index (χ1n) is 5.24. The van der Waals surface area contributed by atoms with E-state index in [0.29, 0.717) is 5.33 Å². The predicted octanol–water partition coefficient (Wildman–Crippen LogP) is 2.47. The fraction of sp³-hybridized carbons (Fsp3) is 1.00. The van der Waals surface area contributed by atoms with Crippen LogP contribution in [-0.2, 0) is 10.0 Å². The minimum atomic E-state index is -4.45. The van der Waals surface area contributed by atoms with Crippen molar-refractivity contribution < 1.29 is 17.2 Å². The Labute approximate surface area is 103 Å². The first-order chi connectivity index (χ1) is 7.42. The second-order valence-corrected chi connectivity index (χ2v) is 6.62. The van der Waals surface area contributed by atoms with E-state index in [0.717, 1.165) is 32.1 Å². The number of alkyl halides is 3. The van der Waals surface area contributed by atoms with Gasteiger partial charge in [-0.15, -0.1) is 0 Å². The van der Waals surface area contributed by atoms with Crippen LogP contribution in [0.5, 0.6) is 0 Å². The van der Waals surface area contributed by atoms with Crippen LogP contribution in [0.3, 0.4) is 0 Å². The third-order valence-corrected chi connectivity index (χ3v) is 5.29. The fourth-order valence-electron chi connectivity index (χ4n) is 1.98. The highest BCUT2D eigenvalue weighted by Gasteiger charge is 2.34. The largest absolute Gasteiger partial charge is 0.350 e. The lowest BCUT2D eigenvalue weighted by atomic mass is 9.76. The molecule has 0 aromatic heterocycles. The van der Waals surface area contributed by atoms with E-state index in [-0.39, 0.29) is 12.0 Å². The van der Waals surface area contributed by atoms with E-state index < -0.39 is 15.8 Å². The molecule has 3 nitrogen and oxygen atoms in total. The van der Waals surface area contributed by atoms with Gasteiger partial charge in [0.05, 0.1) is 0 Å². The monoisotopic (exact) mass is 319 g/mol. The van der Waals surface area contributed by atoms with Crippen molar-refractivity contribution in [2.45, 2.75) is 37.9 Å². The van der Waals surface area contributed by atoms with Crippen LogP contribution in [0, 0.1) is 5.41 Å².